The number of piperidine rings is 1. The predicted molar refractivity (Wildman–Crippen MR) is 106 cm³/mol. The van der Waals surface area contributed by atoms with Crippen molar-refractivity contribution < 1.29 is 9.53 Å². The van der Waals surface area contributed by atoms with Crippen molar-refractivity contribution in [2.45, 2.75) is 52.7 Å². The zero-order valence-corrected chi connectivity index (χ0v) is 16.4. The quantitative estimate of drug-likeness (QED) is 0.873. The Kier molecular flexibility index (Phi) is 5.08. The largest absolute Gasteiger partial charge is 0.444 e. The highest BCUT2D eigenvalue weighted by Crippen LogP contribution is 2.31. The molecule has 0 saturated carbocycles. The minimum Gasteiger partial charge on any atom is -0.444 e. The Bertz CT molecular complexity index is 797. The minimum atomic E-state index is -0.483. The molecule has 0 spiro atoms. The second kappa shape index (κ2) is 7.14. The van der Waals surface area contributed by atoms with Crippen LogP contribution >= 0.6 is 0 Å². The molecule has 26 heavy (non-hydrogen) atoms. The maximum atomic E-state index is 12.2. The van der Waals surface area contributed by atoms with E-state index in [-0.39, 0.29) is 12.1 Å². The van der Waals surface area contributed by atoms with Crippen LogP contribution in [0.1, 0.15) is 39.7 Å². The van der Waals surface area contributed by atoms with Gasteiger partial charge in [-0.15, -0.1) is 0 Å². The minimum absolute atomic E-state index is 0.0709. The van der Waals surface area contributed by atoms with Crippen LogP contribution in [0.3, 0.4) is 0 Å². The molecule has 1 N–H and O–H groups in total. The smallest absolute Gasteiger partial charge is 0.407 e. The predicted octanol–water partition coefficient (Wildman–Crippen LogP) is 4.28. The summed E-state index contributed by atoms with van der Waals surface area (Å²) in [6.45, 7) is 11.7. The number of amides is 1. The molecular weight excluding hydrogens is 326 g/mol. The van der Waals surface area contributed by atoms with Crippen LogP contribution < -0.4 is 10.2 Å². The number of benzene rings is 1. The van der Waals surface area contributed by atoms with Crippen LogP contribution in [0.2, 0.25) is 0 Å². The van der Waals surface area contributed by atoms with E-state index in [9.17, 15) is 4.79 Å². The molecule has 2 aromatic rings. The average molecular weight is 355 g/mol. The van der Waals surface area contributed by atoms with Gasteiger partial charge in [0.15, 0.2) is 0 Å². The molecule has 5 nitrogen and oxygen atoms in total. The van der Waals surface area contributed by atoms with Gasteiger partial charge in [-0.3, -0.25) is 4.98 Å². The molecule has 1 saturated heterocycles. The molecule has 2 unspecified atom stereocenters. The second-order valence-electron chi connectivity index (χ2n) is 8.39. The van der Waals surface area contributed by atoms with Gasteiger partial charge in [0.05, 0.1) is 5.52 Å². The summed E-state index contributed by atoms with van der Waals surface area (Å²) in [6, 6.07) is 8.47. The summed E-state index contributed by atoms with van der Waals surface area (Å²) < 4.78 is 5.42. The number of anilines is 1. The van der Waals surface area contributed by atoms with E-state index < -0.39 is 5.60 Å². The van der Waals surface area contributed by atoms with E-state index >= 15 is 0 Å². The van der Waals surface area contributed by atoms with Crippen molar-refractivity contribution in [2.24, 2.45) is 5.92 Å². The number of pyridine rings is 1. The van der Waals surface area contributed by atoms with Crippen LogP contribution in [-0.4, -0.2) is 35.8 Å². The van der Waals surface area contributed by atoms with Crippen molar-refractivity contribution in [3.05, 3.63) is 36.0 Å². The van der Waals surface area contributed by atoms with Crippen molar-refractivity contribution in [2.75, 3.05) is 18.0 Å². The number of rotatable bonds is 2. The molecule has 0 radical (unpaired) electrons. The molecule has 1 aromatic carbocycles. The van der Waals surface area contributed by atoms with Crippen molar-refractivity contribution in [1.82, 2.24) is 10.3 Å². The molecule has 1 aliphatic heterocycles. The molecule has 1 aromatic heterocycles. The average Bonchev–Trinajstić information content (AvgIpc) is 2.53. The van der Waals surface area contributed by atoms with Crippen molar-refractivity contribution in [1.29, 1.82) is 0 Å². The van der Waals surface area contributed by atoms with E-state index in [0.29, 0.717) is 5.92 Å². The van der Waals surface area contributed by atoms with Crippen LogP contribution in [0.25, 0.3) is 10.9 Å². The lowest BCUT2D eigenvalue weighted by Crippen LogP contribution is -2.51. The molecule has 1 amide bonds. The summed E-state index contributed by atoms with van der Waals surface area (Å²) >= 11 is 0. The van der Waals surface area contributed by atoms with Gasteiger partial charge < -0.3 is 15.0 Å². The molecule has 0 bridgehead atoms. The summed E-state index contributed by atoms with van der Waals surface area (Å²) in [4.78, 5) is 19.1. The lowest BCUT2D eigenvalue weighted by molar-refractivity contribution is 0.0495. The number of nitrogens with one attached hydrogen (secondary N) is 1. The maximum absolute atomic E-state index is 12.2. The fraction of sp³-hybridized carbons (Fsp3) is 0.524. The van der Waals surface area contributed by atoms with Crippen LogP contribution in [0.4, 0.5) is 10.5 Å². The monoisotopic (exact) mass is 355 g/mol. The van der Waals surface area contributed by atoms with Gasteiger partial charge in [0.25, 0.3) is 0 Å². The number of hydrogen-bond donors (Lipinski definition) is 1. The van der Waals surface area contributed by atoms with Crippen molar-refractivity contribution in [3.8, 4) is 0 Å². The van der Waals surface area contributed by atoms with Crippen LogP contribution in [0.15, 0.2) is 30.5 Å². The van der Waals surface area contributed by atoms with Gasteiger partial charge in [-0.1, -0.05) is 13.0 Å². The highest BCUT2D eigenvalue weighted by atomic mass is 16.6. The summed E-state index contributed by atoms with van der Waals surface area (Å²) in [5, 5.41) is 4.21. The summed E-state index contributed by atoms with van der Waals surface area (Å²) in [6.07, 6.45) is 2.45. The standard InChI is InChI=1S/C21H29N3O2/c1-14-11-16(23-20(25)26-21(3,4)5)13-24(12-14)18-9-8-15(2)19-17(18)7-6-10-22-19/h6-10,14,16H,11-13H2,1-5H3,(H,23,25). The number of hydrogen-bond acceptors (Lipinski definition) is 4. The normalized spacial score (nSPS) is 20.9. The number of aromatic nitrogens is 1. The van der Waals surface area contributed by atoms with Crippen LogP contribution in [0, 0.1) is 12.8 Å². The molecule has 3 rings (SSSR count). The Morgan fingerprint density at radius 2 is 2.04 bits per heavy atom. The molecule has 1 fully saturated rings. The van der Waals surface area contributed by atoms with E-state index in [0.717, 1.165) is 30.4 Å². The Morgan fingerprint density at radius 1 is 1.27 bits per heavy atom. The van der Waals surface area contributed by atoms with Crippen molar-refractivity contribution in [3.63, 3.8) is 0 Å². The van der Waals surface area contributed by atoms with E-state index in [2.05, 4.69) is 47.2 Å². The summed E-state index contributed by atoms with van der Waals surface area (Å²) in [5.41, 5.74) is 2.92. The molecule has 5 heteroatoms. The molecule has 2 heterocycles. The van der Waals surface area contributed by atoms with Gasteiger partial charge in [-0.2, -0.15) is 0 Å². The first-order valence-electron chi connectivity index (χ1n) is 9.32. The third-order valence-electron chi connectivity index (χ3n) is 4.67. The Balaban J connectivity index is 1.81. The number of aryl methyl sites for hydroxylation is 1. The van der Waals surface area contributed by atoms with E-state index in [1.807, 2.05) is 33.0 Å². The first-order chi connectivity index (χ1) is 12.2. The highest BCUT2D eigenvalue weighted by molar-refractivity contribution is 5.93. The lowest BCUT2D eigenvalue weighted by atomic mass is 9.94. The molecular formula is C21H29N3O2. The lowest BCUT2D eigenvalue weighted by Gasteiger charge is -2.39. The zero-order chi connectivity index (χ0) is 18.9. The number of fused-ring (bicyclic) bond motifs is 1. The summed E-state index contributed by atoms with van der Waals surface area (Å²) in [5.74, 6) is 0.483. The zero-order valence-electron chi connectivity index (χ0n) is 16.4. The fourth-order valence-corrected chi connectivity index (χ4v) is 3.70. The number of carbonyl (C=O) groups excluding carboxylic acids is 1. The van der Waals surface area contributed by atoms with E-state index in [1.165, 1.54) is 11.3 Å². The summed E-state index contributed by atoms with van der Waals surface area (Å²) in [7, 11) is 0. The van der Waals surface area contributed by atoms with E-state index in [1.54, 1.807) is 0 Å². The second-order valence-corrected chi connectivity index (χ2v) is 8.39. The van der Waals surface area contributed by atoms with Gasteiger partial charge in [-0.05, 0) is 63.8 Å². The SMILES string of the molecule is Cc1ccc(N2CC(C)CC(NC(=O)OC(C)(C)C)C2)c2cccnc12. The molecule has 2 atom stereocenters. The van der Waals surface area contributed by atoms with Gasteiger partial charge in [0.2, 0.25) is 0 Å². The van der Waals surface area contributed by atoms with Crippen LogP contribution in [0.5, 0.6) is 0 Å². The Labute approximate surface area is 155 Å². The Hall–Kier alpha value is -2.30. The number of carbonyl (C=O) groups is 1. The van der Waals surface area contributed by atoms with Gasteiger partial charge in [-0.25, -0.2) is 4.79 Å². The number of nitrogens with zero attached hydrogens (tertiary/aromatic N) is 2. The van der Waals surface area contributed by atoms with E-state index in [4.69, 9.17) is 4.74 Å². The molecule has 140 valence electrons. The third-order valence-corrected chi connectivity index (χ3v) is 4.67. The highest BCUT2D eigenvalue weighted by Gasteiger charge is 2.28. The first-order valence-corrected chi connectivity index (χ1v) is 9.32. The topological polar surface area (TPSA) is 54.5 Å². The van der Waals surface area contributed by atoms with Gasteiger partial charge in [0, 0.05) is 36.4 Å². The Morgan fingerprint density at radius 3 is 2.77 bits per heavy atom. The molecule has 0 aliphatic carbocycles. The maximum Gasteiger partial charge on any atom is 0.407 e. The first kappa shape index (κ1) is 18.5. The number of alkyl carbamates (subject to hydrolysis) is 1. The fourth-order valence-electron chi connectivity index (χ4n) is 3.70. The van der Waals surface area contributed by atoms with Crippen LogP contribution in [-0.2, 0) is 4.74 Å². The van der Waals surface area contributed by atoms with Gasteiger partial charge in [0.1, 0.15) is 5.60 Å². The molecule has 1 aliphatic rings. The van der Waals surface area contributed by atoms with Gasteiger partial charge >= 0.3 is 6.09 Å². The van der Waals surface area contributed by atoms with Crippen molar-refractivity contribution >= 4 is 22.7 Å². The third kappa shape index (κ3) is 4.26. The number of ether oxygens (including phenoxy) is 1.